The molecule has 2 heterocycles. The summed E-state index contributed by atoms with van der Waals surface area (Å²) in [5, 5.41) is 13.6. The molecule has 1 aliphatic carbocycles. The van der Waals surface area contributed by atoms with Crippen LogP contribution >= 0.6 is 11.8 Å². The van der Waals surface area contributed by atoms with Gasteiger partial charge in [-0.15, -0.1) is 16.8 Å². The number of carbonyl (C=O) groups excluding carboxylic acids is 1. The number of nitrogens with one attached hydrogen (secondary N) is 1. The number of rotatable bonds is 8. The number of pyridine rings is 1. The highest BCUT2D eigenvalue weighted by Gasteiger charge is 2.27. The minimum Gasteiger partial charge on any atom is -0.352 e. The zero-order valence-electron chi connectivity index (χ0n) is 19.4. The molecule has 5 rings (SSSR count). The summed E-state index contributed by atoms with van der Waals surface area (Å²) in [4.78, 5) is 17.4. The Bertz CT molecular complexity index is 1360. The van der Waals surface area contributed by atoms with Crippen LogP contribution in [0.15, 0.2) is 72.4 Å². The van der Waals surface area contributed by atoms with Crippen LogP contribution in [0.25, 0.3) is 33.5 Å². The Morgan fingerprint density at radius 2 is 1.97 bits per heavy atom. The quantitative estimate of drug-likeness (QED) is 0.276. The van der Waals surface area contributed by atoms with Crippen molar-refractivity contribution in [3.63, 3.8) is 0 Å². The SMILES string of the molecule is C=CCn1c(SC(C)C(=O)NC2CC2)nnc1-c1cc(-c2ccc(C)cc2)nc2ccccc12. The zero-order valence-corrected chi connectivity index (χ0v) is 20.2. The topological polar surface area (TPSA) is 72.7 Å². The molecule has 0 spiro atoms. The highest BCUT2D eigenvalue weighted by atomic mass is 32.2. The summed E-state index contributed by atoms with van der Waals surface area (Å²) in [6, 6.07) is 18.9. The lowest BCUT2D eigenvalue weighted by atomic mass is 10.0. The third-order valence-corrected chi connectivity index (χ3v) is 6.99. The van der Waals surface area contributed by atoms with Crippen LogP contribution in [0.3, 0.4) is 0 Å². The predicted molar refractivity (Wildman–Crippen MR) is 138 cm³/mol. The van der Waals surface area contributed by atoms with E-state index in [9.17, 15) is 4.79 Å². The van der Waals surface area contributed by atoms with Crippen molar-refractivity contribution in [1.29, 1.82) is 0 Å². The fourth-order valence-electron chi connectivity index (χ4n) is 3.86. The van der Waals surface area contributed by atoms with Gasteiger partial charge < -0.3 is 5.32 Å². The first-order valence-corrected chi connectivity index (χ1v) is 12.4. The van der Waals surface area contributed by atoms with E-state index in [1.54, 1.807) is 0 Å². The van der Waals surface area contributed by atoms with Gasteiger partial charge in [0.15, 0.2) is 11.0 Å². The number of hydrogen-bond donors (Lipinski definition) is 1. The minimum atomic E-state index is -0.265. The van der Waals surface area contributed by atoms with Gasteiger partial charge in [-0.25, -0.2) is 4.98 Å². The summed E-state index contributed by atoms with van der Waals surface area (Å²) in [6.45, 7) is 8.46. The second kappa shape index (κ2) is 9.43. The van der Waals surface area contributed by atoms with Crippen LogP contribution in [0.5, 0.6) is 0 Å². The fraction of sp³-hybridized carbons (Fsp3) is 0.259. The summed E-state index contributed by atoms with van der Waals surface area (Å²) in [6.07, 6.45) is 3.97. The number of hydrogen-bond acceptors (Lipinski definition) is 5. The number of aryl methyl sites for hydroxylation is 1. The van der Waals surface area contributed by atoms with E-state index in [-0.39, 0.29) is 11.2 Å². The van der Waals surface area contributed by atoms with Crippen LogP contribution in [0.1, 0.15) is 25.3 Å². The van der Waals surface area contributed by atoms with Gasteiger partial charge in [-0.3, -0.25) is 9.36 Å². The number of nitrogens with zero attached hydrogens (tertiary/aromatic N) is 4. The van der Waals surface area contributed by atoms with E-state index in [4.69, 9.17) is 4.98 Å². The third-order valence-electron chi connectivity index (χ3n) is 5.91. The molecule has 1 atom stereocenters. The highest BCUT2D eigenvalue weighted by Crippen LogP contribution is 2.34. The van der Waals surface area contributed by atoms with E-state index in [0.29, 0.717) is 17.7 Å². The van der Waals surface area contributed by atoms with Gasteiger partial charge in [0, 0.05) is 29.1 Å². The molecule has 0 aliphatic heterocycles. The minimum absolute atomic E-state index is 0.0400. The van der Waals surface area contributed by atoms with Gasteiger partial charge >= 0.3 is 0 Å². The predicted octanol–water partition coefficient (Wildman–Crippen LogP) is 5.41. The maximum Gasteiger partial charge on any atom is 0.233 e. The molecule has 6 nitrogen and oxygen atoms in total. The molecule has 1 saturated carbocycles. The Hall–Kier alpha value is -3.45. The molecular weight excluding hydrogens is 442 g/mol. The number of aromatic nitrogens is 4. The number of carbonyl (C=O) groups is 1. The first kappa shape index (κ1) is 22.3. The van der Waals surface area contributed by atoms with Crippen LogP contribution < -0.4 is 5.32 Å². The molecule has 2 aromatic carbocycles. The number of amides is 1. The standard InChI is InChI=1S/C27H27N5OS/c1-4-15-32-25(30-31-27(32)34-18(3)26(33)28-20-13-14-20)22-16-24(19-11-9-17(2)10-12-19)29-23-8-6-5-7-21(22)23/h4-12,16,18,20H,1,13-15H2,2-3H3,(H,28,33). The molecule has 4 aromatic rings. The van der Waals surface area contributed by atoms with E-state index in [1.165, 1.54) is 17.3 Å². The van der Waals surface area contributed by atoms with Crippen LogP contribution in [0.4, 0.5) is 0 Å². The second-order valence-electron chi connectivity index (χ2n) is 8.69. The second-order valence-corrected chi connectivity index (χ2v) is 9.99. The molecule has 2 aromatic heterocycles. The molecule has 0 saturated heterocycles. The Balaban J connectivity index is 1.57. The van der Waals surface area contributed by atoms with Crippen molar-refractivity contribution in [1.82, 2.24) is 25.1 Å². The molecule has 1 fully saturated rings. The van der Waals surface area contributed by atoms with E-state index < -0.39 is 0 Å². The van der Waals surface area contributed by atoms with Crippen LogP contribution in [0.2, 0.25) is 0 Å². The maximum absolute atomic E-state index is 12.5. The van der Waals surface area contributed by atoms with Crippen LogP contribution in [0, 0.1) is 6.92 Å². The Kier molecular flexibility index (Phi) is 6.20. The number of allylic oxidation sites excluding steroid dienone is 1. The average molecular weight is 470 g/mol. The van der Waals surface area contributed by atoms with Crippen molar-refractivity contribution in [2.24, 2.45) is 0 Å². The van der Waals surface area contributed by atoms with Crippen molar-refractivity contribution in [3.8, 4) is 22.6 Å². The molecule has 7 heteroatoms. The van der Waals surface area contributed by atoms with Gasteiger partial charge in [0.25, 0.3) is 0 Å². The summed E-state index contributed by atoms with van der Waals surface area (Å²) < 4.78 is 2.03. The van der Waals surface area contributed by atoms with Crippen LogP contribution in [-0.2, 0) is 11.3 Å². The first-order valence-electron chi connectivity index (χ1n) is 11.5. The Labute approximate surface area is 203 Å². The molecule has 1 N–H and O–H groups in total. The van der Waals surface area contributed by atoms with E-state index in [0.717, 1.165) is 46.4 Å². The summed E-state index contributed by atoms with van der Waals surface area (Å²) in [5.41, 5.74) is 4.99. The molecule has 0 bridgehead atoms. The normalized spacial score (nSPS) is 14.2. The monoisotopic (exact) mass is 469 g/mol. The zero-order chi connectivity index (χ0) is 23.7. The first-order chi connectivity index (χ1) is 16.5. The summed E-state index contributed by atoms with van der Waals surface area (Å²) in [7, 11) is 0. The van der Waals surface area contributed by atoms with Gasteiger partial charge in [0.05, 0.1) is 16.5 Å². The largest absolute Gasteiger partial charge is 0.352 e. The van der Waals surface area contributed by atoms with E-state index >= 15 is 0 Å². The molecular formula is C27H27N5OS. The lowest BCUT2D eigenvalue weighted by molar-refractivity contribution is -0.120. The lowest BCUT2D eigenvalue weighted by Gasteiger charge is -2.14. The van der Waals surface area contributed by atoms with Crippen LogP contribution in [-0.4, -0.2) is 36.9 Å². The molecule has 1 aliphatic rings. The van der Waals surface area contributed by atoms with Crippen molar-refractivity contribution in [2.75, 3.05) is 0 Å². The van der Waals surface area contributed by atoms with Crippen molar-refractivity contribution in [2.45, 2.75) is 49.7 Å². The van der Waals surface area contributed by atoms with Crippen molar-refractivity contribution < 1.29 is 4.79 Å². The number of fused-ring (bicyclic) bond motifs is 1. The smallest absolute Gasteiger partial charge is 0.233 e. The fourth-order valence-corrected chi connectivity index (χ4v) is 4.73. The van der Waals surface area contributed by atoms with Gasteiger partial charge in [-0.2, -0.15) is 0 Å². The molecule has 1 amide bonds. The van der Waals surface area contributed by atoms with Gasteiger partial charge in [0.1, 0.15) is 0 Å². The molecule has 1 unspecified atom stereocenters. The van der Waals surface area contributed by atoms with E-state index in [2.05, 4.69) is 65.4 Å². The van der Waals surface area contributed by atoms with Gasteiger partial charge in [-0.05, 0) is 38.8 Å². The molecule has 34 heavy (non-hydrogen) atoms. The Morgan fingerprint density at radius 1 is 1.21 bits per heavy atom. The lowest BCUT2D eigenvalue weighted by Crippen LogP contribution is -2.32. The number of thioether (sulfide) groups is 1. The van der Waals surface area contributed by atoms with Crippen molar-refractivity contribution >= 4 is 28.6 Å². The molecule has 172 valence electrons. The maximum atomic E-state index is 12.5. The third kappa shape index (κ3) is 4.61. The van der Waals surface area contributed by atoms with Gasteiger partial charge in [-0.1, -0.05) is 65.9 Å². The Morgan fingerprint density at radius 3 is 2.71 bits per heavy atom. The van der Waals surface area contributed by atoms with Gasteiger partial charge in [0.2, 0.25) is 5.91 Å². The highest BCUT2D eigenvalue weighted by molar-refractivity contribution is 8.00. The summed E-state index contributed by atoms with van der Waals surface area (Å²) >= 11 is 1.42. The number of benzene rings is 2. The molecule has 0 radical (unpaired) electrons. The average Bonchev–Trinajstić information content (AvgIpc) is 3.58. The van der Waals surface area contributed by atoms with E-state index in [1.807, 2.05) is 35.8 Å². The summed E-state index contributed by atoms with van der Waals surface area (Å²) in [5.74, 6) is 0.780. The number of para-hydroxylation sites is 1. The van der Waals surface area contributed by atoms with Crippen molar-refractivity contribution in [3.05, 3.63) is 72.8 Å².